The molecule has 1 aromatic carbocycles. The van der Waals surface area contributed by atoms with E-state index in [0.717, 1.165) is 49.1 Å². The molecule has 1 aromatic heterocycles. The molecule has 1 aliphatic rings. The van der Waals surface area contributed by atoms with Crippen molar-refractivity contribution in [2.75, 3.05) is 20.2 Å². The monoisotopic (exact) mass is 372 g/mol. The first-order chi connectivity index (χ1) is 13.0. The molecule has 1 amide bonds. The molecule has 27 heavy (non-hydrogen) atoms. The molecule has 1 saturated heterocycles. The van der Waals surface area contributed by atoms with Gasteiger partial charge in [-0.25, -0.2) is 9.67 Å². The van der Waals surface area contributed by atoms with Crippen molar-refractivity contribution in [2.45, 2.75) is 46.3 Å². The summed E-state index contributed by atoms with van der Waals surface area (Å²) in [5.74, 6) is 3.29. The third-order valence-corrected chi connectivity index (χ3v) is 4.95. The lowest BCUT2D eigenvalue weighted by Gasteiger charge is -2.33. The number of hydrogen-bond donors (Lipinski definition) is 0. The second kappa shape index (κ2) is 8.41. The average Bonchev–Trinajstić information content (AvgIpc) is 2.99. The largest absolute Gasteiger partial charge is 0.497 e. The van der Waals surface area contributed by atoms with E-state index in [1.807, 2.05) is 54.6 Å². The fourth-order valence-corrected chi connectivity index (χ4v) is 3.42. The van der Waals surface area contributed by atoms with E-state index >= 15 is 0 Å². The molecule has 1 atom stereocenters. The van der Waals surface area contributed by atoms with Crippen LogP contribution in [0.3, 0.4) is 0 Å². The Labute approximate surface area is 160 Å². The van der Waals surface area contributed by atoms with Crippen LogP contribution in [-0.4, -0.2) is 51.9 Å². The molecule has 0 N–H and O–H groups in total. The number of likely N-dealkylation sites (tertiary alicyclic amines) is 1. The van der Waals surface area contributed by atoms with Crippen LogP contribution in [0.25, 0.3) is 0 Å². The van der Waals surface area contributed by atoms with Crippen LogP contribution in [0.5, 0.6) is 11.5 Å². The Bertz CT molecular complexity index is 764. The van der Waals surface area contributed by atoms with Gasteiger partial charge in [0.15, 0.2) is 0 Å². The highest BCUT2D eigenvalue weighted by Gasteiger charge is 2.27. The Kier molecular flexibility index (Phi) is 5.98. The summed E-state index contributed by atoms with van der Waals surface area (Å²) in [4.78, 5) is 19.0. The number of methoxy groups -OCH3 is 1. The molecule has 1 fully saturated rings. The number of rotatable bonds is 6. The topological polar surface area (TPSA) is 69.5 Å². The van der Waals surface area contributed by atoms with E-state index in [1.165, 1.54) is 0 Å². The third kappa shape index (κ3) is 4.78. The number of carbonyl (C=O) groups is 1. The zero-order valence-corrected chi connectivity index (χ0v) is 16.5. The fourth-order valence-electron chi connectivity index (χ4n) is 3.42. The van der Waals surface area contributed by atoms with Crippen LogP contribution < -0.4 is 9.47 Å². The van der Waals surface area contributed by atoms with Crippen molar-refractivity contribution in [1.29, 1.82) is 0 Å². The molecule has 0 radical (unpaired) electrons. The van der Waals surface area contributed by atoms with Crippen LogP contribution in [0.2, 0.25) is 0 Å². The van der Waals surface area contributed by atoms with Gasteiger partial charge in [-0.1, -0.05) is 6.92 Å². The van der Waals surface area contributed by atoms with Crippen LogP contribution in [0.1, 0.15) is 31.4 Å². The Morgan fingerprint density at radius 1 is 1.19 bits per heavy atom. The fraction of sp³-hybridized carbons (Fsp3) is 0.550. The van der Waals surface area contributed by atoms with Crippen molar-refractivity contribution >= 4 is 5.91 Å². The number of benzene rings is 1. The minimum Gasteiger partial charge on any atom is -0.497 e. The molecule has 2 aromatic rings. The molecule has 0 spiro atoms. The number of aromatic nitrogens is 3. The van der Waals surface area contributed by atoms with E-state index in [4.69, 9.17) is 9.47 Å². The van der Waals surface area contributed by atoms with Gasteiger partial charge in [-0.15, -0.1) is 0 Å². The molecule has 1 aliphatic heterocycles. The van der Waals surface area contributed by atoms with Crippen molar-refractivity contribution in [3.05, 3.63) is 35.9 Å². The van der Waals surface area contributed by atoms with E-state index in [-0.39, 0.29) is 17.9 Å². The van der Waals surface area contributed by atoms with Gasteiger partial charge in [-0.2, -0.15) is 5.10 Å². The molecule has 3 rings (SSSR count). The van der Waals surface area contributed by atoms with Crippen LogP contribution in [-0.2, 0) is 11.3 Å². The second-order valence-electron chi connectivity index (χ2n) is 7.11. The van der Waals surface area contributed by atoms with Gasteiger partial charge in [0.25, 0.3) is 0 Å². The van der Waals surface area contributed by atoms with Crippen molar-refractivity contribution < 1.29 is 14.3 Å². The van der Waals surface area contributed by atoms with Crippen LogP contribution in [0, 0.1) is 19.8 Å². The van der Waals surface area contributed by atoms with Gasteiger partial charge in [-0.05, 0) is 38.1 Å². The van der Waals surface area contributed by atoms with Crippen molar-refractivity contribution in [3.63, 3.8) is 0 Å². The van der Waals surface area contributed by atoms with E-state index in [1.54, 1.807) is 7.11 Å². The number of carbonyl (C=O) groups excluding carboxylic acids is 1. The lowest BCUT2D eigenvalue weighted by atomic mass is 10.0. The number of nitrogens with zero attached hydrogens (tertiary/aromatic N) is 4. The summed E-state index contributed by atoms with van der Waals surface area (Å²) >= 11 is 0. The molecular weight excluding hydrogens is 344 g/mol. The Morgan fingerprint density at radius 2 is 1.81 bits per heavy atom. The maximum atomic E-state index is 12.8. The highest BCUT2D eigenvalue weighted by Crippen LogP contribution is 2.22. The predicted molar refractivity (Wildman–Crippen MR) is 102 cm³/mol. The molecular formula is C20H28N4O3. The minimum absolute atomic E-state index is 0.121. The Balaban J connectivity index is 1.48. The van der Waals surface area contributed by atoms with E-state index < -0.39 is 0 Å². The minimum atomic E-state index is -0.121. The standard InChI is InChI=1S/C20H28N4O3/c1-14(13-24-16(3)21-15(2)22-24)20(25)23-11-9-19(10-12-23)27-18-7-5-17(26-4)6-8-18/h5-8,14,19H,9-13H2,1-4H3/t14-/m0/s1. The molecule has 0 unspecified atom stereocenters. The lowest BCUT2D eigenvalue weighted by Crippen LogP contribution is -2.44. The SMILES string of the molecule is COc1ccc(OC2CCN(C(=O)[C@@H](C)Cn3nc(C)nc3C)CC2)cc1. The Hall–Kier alpha value is -2.57. The summed E-state index contributed by atoms with van der Waals surface area (Å²) in [6.45, 7) is 7.74. The lowest BCUT2D eigenvalue weighted by molar-refractivity contribution is -0.137. The van der Waals surface area contributed by atoms with E-state index in [2.05, 4.69) is 10.1 Å². The average molecular weight is 372 g/mol. The smallest absolute Gasteiger partial charge is 0.227 e. The third-order valence-electron chi connectivity index (χ3n) is 4.95. The number of piperidine rings is 1. The van der Waals surface area contributed by atoms with Gasteiger partial charge in [0.1, 0.15) is 29.3 Å². The highest BCUT2D eigenvalue weighted by atomic mass is 16.5. The van der Waals surface area contributed by atoms with E-state index in [0.29, 0.717) is 6.54 Å². The zero-order chi connectivity index (χ0) is 19.4. The molecule has 146 valence electrons. The van der Waals surface area contributed by atoms with Gasteiger partial charge >= 0.3 is 0 Å². The zero-order valence-electron chi connectivity index (χ0n) is 16.5. The highest BCUT2D eigenvalue weighted by molar-refractivity contribution is 5.78. The normalized spacial score (nSPS) is 16.2. The number of hydrogen-bond acceptors (Lipinski definition) is 5. The molecule has 0 saturated carbocycles. The molecule has 7 nitrogen and oxygen atoms in total. The van der Waals surface area contributed by atoms with Crippen molar-refractivity contribution in [3.8, 4) is 11.5 Å². The first-order valence-electron chi connectivity index (χ1n) is 9.44. The maximum absolute atomic E-state index is 12.8. The number of amides is 1. The van der Waals surface area contributed by atoms with Gasteiger partial charge in [0.2, 0.25) is 5.91 Å². The van der Waals surface area contributed by atoms with Crippen LogP contribution in [0.15, 0.2) is 24.3 Å². The molecule has 7 heteroatoms. The van der Waals surface area contributed by atoms with Gasteiger partial charge in [0.05, 0.1) is 19.6 Å². The van der Waals surface area contributed by atoms with Gasteiger partial charge in [0, 0.05) is 25.9 Å². The van der Waals surface area contributed by atoms with E-state index in [9.17, 15) is 4.79 Å². The maximum Gasteiger partial charge on any atom is 0.227 e. The predicted octanol–water partition coefficient (Wildman–Crippen LogP) is 2.61. The number of ether oxygens (including phenoxy) is 2. The summed E-state index contributed by atoms with van der Waals surface area (Å²) in [5, 5.41) is 4.35. The quantitative estimate of drug-likeness (QED) is 0.780. The van der Waals surface area contributed by atoms with Crippen molar-refractivity contribution in [2.24, 2.45) is 5.92 Å². The summed E-state index contributed by atoms with van der Waals surface area (Å²) in [6, 6.07) is 7.62. The molecule has 2 heterocycles. The second-order valence-corrected chi connectivity index (χ2v) is 7.11. The summed E-state index contributed by atoms with van der Waals surface area (Å²) in [7, 11) is 1.65. The summed E-state index contributed by atoms with van der Waals surface area (Å²) in [6.07, 6.45) is 1.82. The molecule has 0 aliphatic carbocycles. The van der Waals surface area contributed by atoms with Crippen LogP contribution in [0.4, 0.5) is 0 Å². The van der Waals surface area contributed by atoms with Gasteiger partial charge in [-0.3, -0.25) is 4.79 Å². The first kappa shape index (κ1) is 19.2. The molecule has 0 bridgehead atoms. The summed E-state index contributed by atoms with van der Waals surface area (Å²) in [5.41, 5.74) is 0. The first-order valence-corrected chi connectivity index (χ1v) is 9.44. The van der Waals surface area contributed by atoms with Crippen molar-refractivity contribution in [1.82, 2.24) is 19.7 Å². The summed E-state index contributed by atoms with van der Waals surface area (Å²) < 4.78 is 13.0. The number of aryl methyl sites for hydroxylation is 2. The Morgan fingerprint density at radius 3 is 2.37 bits per heavy atom. The van der Waals surface area contributed by atoms with Crippen LogP contribution >= 0.6 is 0 Å². The van der Waals surface area contributed by atoms with Gasteiger partial charge < -0.3 is 14.4 Å².